The highest BCUT2D eigenvalue weighted by molar-refractivity contribution is 5.64. The number of pyridine rings is 1. The fraction of sp³-hybridized carbons (Fsp3) is 0.500. The molecule has 2 heterocycles. The van der Waals surface area contributed by atoms with Gasteiger partial charge in [-0.2, -0.15) is 0 Å². The summed E-state index contributed by atoms with van der Waals surface area (Å²) in [7, 11) is 0. The van der Waals surface area contributed by atoms with Crippen LogP contribution in [-0.2, 0) is 17.7 Å². The smallest absolute Gasteiger partial charge is 0.404 e. The molecular weight excluding hydrogens is 218 g/mol. The number of ether oxygens (including phenoxy) is 1. The molecule has 1 aromatic rings. The molecule has 5 nitrogen and oxygen atoms in total. The van der Waals surface area contributed by atoms with E-state index in [1.807, 2.05) is 25.4 Å². The minimum Gasteiger partial charge on any atom is -0.445 e. The van der Waals surface area contributed by atoms with E-state index in [9.17, 15) is 4.79 Å². The van der Waals surface area contributed by atoms with E-state index < -0.39 is 6.09 Å². The molecule has 17 heavy (non-hydrogen) atoms. The normalized spacial score (nSPS) is 17.2. The number of carbonyl (C=O) groups excluding carboxylic acids is 1. The van der Waals surface area contributed by atoms with Crippen molar-refractivity contribution < 1.29 is 9.53 Å². The van der Waals surface area contributed by atoms with Crippen molar-refractivity contribution >= 4 is 6.09 Å². The molecule has 5 heteroatoms. The van der Waals surface area contributed by atoms with Gasteiger partial charge in [-0.15, -0.1) is 0 Å². The largest absolute Gasteiger partial charge is 0.445 e. The summed E-state index contributed by atoms with van der Waals surface area (Å²) >= 11 is 0. The van der Waals surface area contributed by atoms with Crippen molar-refractivity contribution in [3.8, 4) is 0 Å². The molecular formula is C12H17N3O2. The van der Waals surface area contributed by atoms with Gasteiger partial charge >= 0.3 is 6.09 Å². The third kappa shape index (κ3) is 3.17. The summed E-state index contributed by atoms with van der Waals surface area (Å²) in [4.78, 5) is 17.0. The highest BCUT2D eigenvalue weighted by atomic mass is 16.6. The minimum atomic E-state index is -0.709. The Morgan fingerprint density at radius 2 is 2.47 bits per heavy atom. The van der Waals surface area contributed by atoms with Gasteiger partial charge in [0.15, 0.2) is 0 Å². The number of nitrogens with two attached hydrogens (primary N) is 1. The number of nitrogens with zero attached hydrogens (tertiary/aromatic N) is 2. The molecule has 1 aliphatic heterocycles. The van der Waals surface area contributed by atoms with Crippen LogP contribution in [0.3, 0.4) is 0 Å². The Balaban J connectivity index is 1.92. The molecule has 1 atom stereocenters. The molecule has 92 valence electrons. The number of hydrogen-bond donors (Lipinski definition) is 1. The van der Waals surface area contributed by atoms with Crippen LogP contribution < -0.4 is 5.73 Å². The Morgan fingerprint density at radius 1 is 1.65 bits per heavy atom. The van der Waals surface area contributed by atoms with Crippen molar-refractivity contribution in [3.63, 3.8) is 0 Å². The maximum Gasteiger partial charge on any atom is 0.404 e. The molecule has 1 aromatic heterocycles. The lowest BCUT2D eigenvalue weighted by atomic mass is 10.0. The second kappa shape index (κ2) is 5.14. The van der Waals surface area contributed by atoms with Crippen LogP contribution in [0.15, 0.2) is 18.5 Å². The Bertz CT molecular complexity index is 408. The molecule has 0 aromatic carbocycles. The van der Waals surface area contributed by atoms with Crippen molar-refractivity contribution in [2.45, 2.75) is 26.0 Å². The highest BCUT2D eigenvalue weighted by Crippen LogP contribution is 2.17. The zero-order valence-electron chi connectivity index (χ0n) is 9.93. The molecule has 0 saturated heterocycles. The van der Waals surface area contributed by atoms with Crippen molar-refractivity contribution in [2.24, 2.45) is 5.73 Å². The summed E-state index contributed by atoms with van der Waals surface area (Å²) in [5.41, 5.74) is 7.60. The Hall–Kier alpha value is -1.62. The summed E-state index contributed by atoms with van der Waals surface area (Å²) < 4.78 is 4.93. The van der Waals surface area contributed by atoms with Gasteiger partial charge in [0.1, 0.15) is 6.10 Å². The zero-order valence-corrected chi connectivity index (χ0v) is 9.93. The van der Waals surface area contributed by atoms with Crippen molar-refractivity contribution in [3.05, 3.63) is 29.6 Å². The van der Waals surface area contributed by atoms with Crippen LogP contribution in [-0.4, -0.2) is 35.2 Å². The molecule has 2 N–H and O–H groups in total. The monoisotopic (exact) mass is 235 g/mol. The van der Waals surface area contributed by atoms with E-state index in [1.165, 1.54) is 11.1 Å². The third-order valence-corrected chi connectivity index (χ3v) is 2.93. The van der Waals surface area contributed by atoms with Crippen LogP contribution in [0, 0.1) is 0 Å². The number of amides is 1. The maximum atomic E-state index is 10.6. The van der Waals surface area contributed by atoms with Gasteiger partial charge in [0.25, 0.3) is 0 Å². The quantitative estimate of drug-likeness (QED) is 0.846. The molecule has 1 amide bonds. The fourth-order valence-corrected chi connectivity index (χ4v) is 2.19. The Labute approximate surface area is 101 Å². The van der Waals surface area contributed by atoms with Gasteiger partial charge in [0.2, 0.25) is 0 Å². The molecule has 2 rings (SSSR count). The van der Waals surface area contributed by atoms with Crippen molar-refractivity contribution in [2.75, 3.05) is 13.1 Å². The summed E-state index contributed by atoms with van der Waals surface area (Å²) in [6, 6.07) is 2.04. The predicted octanol–water partition coefficient (Wildman–Crippen LogP) is 0.924. The first-order valence-electron chi connectivity index (χ1n) is 5.75. The molecule has 0 bridgehead atoms. The fourth-order valence-electron chi connectivity index (χ4n) is 2.19. The molecule has 0 radical (unpaired) electrons. The van der Waals surface area contributed by atoms with Crippen LogP contribution >= 0.6 is 0 Å². The van der Waals surface area contributed by atoms with Crippen LogP contribution in [0.25, 0.3) is 0 Å². The van der Waals surface area contributed by atoms with Gasteiger partial charge in [0.05, 0.1) is 0 Å². The molecule has 0 unspecified atom stereocenters. The lowest BCUT2D eigenvalue weighted by Crippen LogP contribution is -2.38. The minimum absolute atomic E-state index is 0.170. The molecule has 1 aliphatic rings. The maximum absolute atomic E-state index is 10.6. The summed E-state index contributed by atoms with van der Waals surface area (Å²) in [6.07, 6.45) is 3.85. The first-order chi connectivity index (χ1) is 8.15. The summed E-state index contributed by atoms with van der Waals surface area (Å²) in [5, 5.41) is 0. The highest BCUT2D eigenvalue weighted by Gasteiger charge is 2.18. The number of rotatable bonds is 3. The first kappa shape index (κ1) is 11.9. The molecule has 0 aliphatic carbocycles. The molecule has 0 saturated carbocycles. The van der Waals surface area contributed by atoms with Crippen molar-refractivity contribution in [1.29, 1.82) is 0 Å². The molecule has 0 fully saturated rings. The second-order valence-corrected chi connectivity index (χ2v) is 4.38. The zero-order chi connectivity index (χ0) is 12.3. The van der Waals surface area contributed by atoms with Crippen LogP contribution in [0.1, 0.15) is 18.1 Å². The lowest BCUT2D eigenvalue weighted by Gasteiger charge is -2.30. The Kier molecular flexibility index (Phi) is 3.58. The number of aromatic nitrogens is 1. The topological polar surface area (TPSA) is 68.5 Å². The first-order valence-corrected chi connectivity index (χ1v) is 5.75. The van der Waals surface area contributed by atoms with E-state index in [-0.39, 0.29) is 6.10 Å². The van der Waals surface area contributed by atoms with Gasteiger partial charge < -0.3 is 10.5 Å². The van der Waals surface area contributed by atoms with Crippen LogP contribution in [0.4, 0.5) is 4.79 Å². The van der Waals surface area contributed by atoms with E-state index in [0.717, 1.165) is 19.5 Å². The van der Waals surface area contributed by atoms with E-state index in [1.54, 1.807) is 0 Å². The van der Waals surface area contributed by atoms with E-state index in [4.69, 9.17) is 10.5 Å². The van der Waals surface area contributed by atoms with Crippen LogP contribution in [0.5, 0.6) is 0 Å². The van der Waals surface area contributed by atoms with Gasteiger partial charge in [-0.25, -0.2) is 4.79 Å². The van der Waals surface area contributed by atoms with E-state index in [0.29, 0.717) is 6.54 Å². The third-order valence-electron chi connectivity index (χ3n) is 2.93. The number of hydrogen-bond acceptors (Lipinski definition) is 4. The summed E-state index contributed by atoms with van der Waals surface area (Å²) in [6.45, 7) is 4.41. The van der Waals surface area contributed by atoms with Gasteiger partial charge in [-0.05, 0) is 30.5 Å². The van der Waals surface area contributed by atoms with Gasteiger partial charge in [-0.3, -0.25) is 9.88 Å². The van der Waals surface area contributed by atoms with Gasteiger partial charge in [0, 0.05) is 32.0 Å². The second-order valence-electron chi connectivity index (χ2n) is 4.38. The standard InChI is InChI=1S/C12H17N3O2/c1-9(17-12(13)16)7-15-5-3-10-6-14-4-2-11(10)8-15/h2,4,6,9H,3,5,7-8H2,1H3,(H2,13,16)/t9-/m1/s1. The summed E-state index contributed by atoms with van der Waals surface area (Å²) in [5.74, 6) is 0. The molecule has 0 spiro atoms. The number of carbonyl (C=O) groups is 1. The van der Waals surface area contributed by atoms with Crippen molar-refractivity contribution in [1.82, 2.24) is 9.88 Å². The SMILES string of the molecule is C[C@H](CN1CCc2cnccc2C1)OC(N)=O. The number of primary amides is 1. The number of fused-ring (bicyclic) bond motifs is 1. The average Bonchev–Trinajstić information content (AvgIpc) is 2.27. The van der Waals surface area contributed by atoms with E-state index in [2.05, 4.69) is 9.88 Å². The van der Waals surface area contributed by atoms with Gasteiger partial charge in [-0.1, -0.05) is 0 Å². The lowest BCUT2D eigenvalue weighted by molar-refractivity contribution is 0.0825. The van der Waals surface area contributed by atoms with E-state index >= 15 is 0 Å². The van der Waals surface area contributed by atoms with Crippen LogP contribution in [0.2, 0.25) is 0 Å². The predicted molar refractivity (Wildman–Crippen MR) is 63.3 cm³/mol. The average molecular weight is 235 g/mol. The Morgan fingerprint density at radius 3 is 3.24 bits per heavy atom.